The molecule has 1 N–H and O–H groups in total. The van der Waals surface area contributed by atoms with Crippen LogP contribution < -0.4 is 0 Å². The molecule has 0 atom stereocenters. The van der Waals surface area contributed by atoms with Crippen LogP contribution in [0.15, 0.2) is 18.5 Å². The minimum absolute atomic E-state index is 0.00124. The number of rotatable bonds is 2. The summed E-state index contributed by atoms with van der Waals surface area (Å²) in [7, 11) is 0. The van der Waals surface area contributed by atoms with Crippen LogP contribution in [-0.2, 0) is 5.41 Å². The molecule has 1 aliphatic rings. The molecule has 3 nitrogen and oxygen atoms in total. The Bertz CT molecular complexity index is 438. The van der Waals surface area contributed by atoms with E-state index in [0.29, 0.717) is 0 Å². The van der Waals surface area contributed by atoms with Crippen molar-refractivity contribution in [2.75, 3.05) is 0 Å². The van der Waals surface area contributed by atoms with Gasteiger partial charge in [0.05, 0.1) is 11.0 Å². The van der Waals surface area contributed by atoms with Crippen molar-refractivity contribution in [2.24, 2.45) is 0 Å². The number of carbonyl (C=O) groups is 1. The summed E-state index contributed by atoms with van der Waals surface area (Å²) < 4.78 is 38.2. The standard InChI is InChI=1S/C10H8F3NO2/c11-10(12,13)9(1-2-9)7-3-6(8(15)16)4-14-5-7/h3-5H,1-2H2,(H,15,16). The monoisotopic (exact) mass is 231 g/mol. The van der Waals surface area contributed by atoms with Crippen LogP contribution in [0.3, 0.4) is 0 Å². The Labute approximate surface area is 88.9 Å². The lowest BCUT2D eigenvalue weighted by molar-refractivity contribution is -0.160. The summed E-state index contributed by atoms with van der Waals surface area (Å²) in [6.07, 6.45) is -2.21. The van der Waals surface area contributed by atoms with Crippen LogP contribution in [0.4, 0.5) is 13.2 Å². The molecule has 0 unspecified atom stereocenters. The summed E-state index contributed by atoms with van der Waals surface area (Å²) in [6.45, 7) is 0. The fourth-order valence-electron chi connectivity index (χ4n) is 1.68. The first-order valence-electron chi connectivity index (χ1n) is 4.62. The largest absolute Gasteiger partial charge is 0.478 e. The first kappa shape index (κ1) is 10.9. The molecule has 1 aliphatic carbocycles. The number of hydrogen-bond donors (Lipinski definition) is 1. The van der Waals surface area contributed by atoms with Crippen molar-refractivity contribution < 1.29 is 23.1 Å². The van der Waals surface area contributed by atoms with Gasteiger partial charge in [0, 0.05) is 12.4 Å². The molecule has 0 radical (unpaired) electrons. The Morgan fingerprint density at radius 1 is 1.38 bits per heavy atom. The lowest BCUT2D eigenvalue weighted by Crippen LogP contribution is -2.29. The number of hydrogen-bond acceptors (Lipinski definition) is 2. The van der Waals surface area contributed by atoms with Crippen LogP contribution in [-0.4, -0.2) is 22.2 Å². The first-order valence-corrected chi connectivity index (χ1v) is 4.62. The van der Waals surface area contributed by atoms with Gasteiger partial charge in [0.25, 0.3) is 0 Å². The molecule has 1 aromatic heterocycles. The maximum Gasteiger partial charge on any atom is 0.398 e. The van der Waals surface area contributed by atoms with Crippen molar-refractivity contribution >= 4 is 5.97 Å². The van der Waals surface area contributed by atoms with E-state index < -0.39 is 17.6 Å². The zero-order valence-corrected chi connectivity index (χ0v) is 8.08. The highest BCUT2D eigenvalue weighted by molar-refractivity contribution is 5.87. The highest BCUT2D eigenvalue weighted by Crippen LogP contribution is 2.58. The predicted octanol–water partition coefficient (Wildman–Crippen LogP) is 2.37. The Hall–Kier alpha value is -1.59. The zero-order valence-electron chi connectivity index (χ0n) is 8.08. The van der Waals surface area contributed by atoms with Gasteiger partial charge in [-0.3, -0.25) is 4.98 Å². The first-order chi connectivity index (χ1) is 7.37. The maximum atomic E-state index is 12.7. The molecule has 86 valence electrons. The molecule has 1 heterocycles. The van der Waals surface area contributed by atoms with Gasteiger partial charge in [-0.15, -0.1) is 0 Å². The van der Waals surface area contributed by atoms with E-state index in [1.807, 2.05) is 0 Å². The lowest BCUT2D eigenvalue weighted by atomic mass is 9.96. The maximum absolute atomic E-state index is 12.7. The van der Waals surface area contributed by atoms with E-state index in [1.165, 1.54) is 0 Å². The highest BCUT2D eigenvalue weighted by Gasteiger charge is 2.64. The molecule has 1 fully saturated rings. The van der Waals surface area contributed by atoms with Gasteiger partial charge in [-0.25, -0.2) is 4.79 Å². The molecular weight excluding hydrogens is 223 g/mol. The number of alkyl halides is 3. The average Bonchev–Trinajstić information content (AvgIpc) is 2.97. The van der Waals surface area contributed by atoms with E-state index in [1.54, 1.807) is 0 Å². The second-order valence-corrected chi connectivity index (χ2v) is 3.85. The van der Waals surface area contributed by atoms with Crippen LogP contribution >= 0.6 is 0 Å². The van der Waals surface area contributed by atoms with Crippen molar-refractivity contribution in [3.8, 4) is 0 Å². The number of aromatic nitrogens is 1. The van der Waals surface area contributed by atoms with Gasteiger partial charge in [-0.1, -0.05) is 0 Å². The second kappa shape index (κ2) is 3.20. The molecule has 2 rings (SSSR count). The van der Waals surface area contributed by atoms with Crippen molar-refractivity contribution in [1.82, 2.24) is 4.98 Å². The summed E-state index contributed by atoms with van der Waals surface area (Å²) in [5.41, 5.74) is -2.14. The van der Waals surface area contributed by atoms with Crippen LogP contribution in [0.5, 0.6) is 0 Å². The SMILES string of the molecule is O=C(O)c1cncc(C2(C(F)(F)F)CC2)c1. The van der Waals surface area contributed by atoms with E-state index in [2.05, 4.69) is 4.98 Å². The summed E-state index contributed by atoms with van der Waals surface area (Å²) in [6, 6.07) is 1.05. The second-order valence-electron chi connectivity index (χ2n) is 3.85. The molecule has 6 heteroatoms. The van der Waals surface area contributed by atoms with Crippen LogP contribution in [0.2, 0.25) is 0 Å². The van der Waals surface area contributed by atoms with Crippen LogP contribution in [0.25, 0.3) is 0 Å². The topological polar surface area (TPSA) is 50.2 Å². The molecule has 16 heavy (non-hydrogen) atoms. The van der Waals surface area contributed by atoms with E-state index in [-0.39, 0.29) is 24.0 Å². The van der Waals surface area contributed by atoms with Crippen molar-refractivity contribution in [2.45, 2.75) is 24.4 Å². The average molecular weight is 231 g/mol. The number of pyridine rings is 1. The van der Waals surface area contributed by atoms with E-state index in [9.17, 15) is 18.0 Å². The van der Waals surface area contributed by atoms with Crippen LogP contribution in [0, 0.1) is 0 Å². The molecule has 1 aromatic rings. The molecule has 0 bridgehead atoms. The van der Waals surface area contributed by atoms with Gasteiger partial charge in [0.15, 0.2) is 0 Å². The van der Waals surface area contributed by atoms with Gasteiger partial charge in [-0.05, 0) is 24.5 Å². The highest BCUT2D eigenvalue weighted by atomic mass is 19.4. The fourth-order valence-corrected chi connectivity index (χ4v) is 1.68. The number of halogens is 3. The van der Waals surface area contributed by atoms with E-state index >= 15 is 0 Å². The van der Waals surface area contributed by atoms with Gasteiger partial charge in [0.1, 0.15) is 0 Å². The smallest absolute Gasteiger partial charge is 0.398 e. The number of carboxylic acids is 1. The van der Waals surface area contributed by atoms with Gasteiger partial charge in [0.2, 0.25) is 0 Å². The summed E-state index contributed by atoms with van der Waals surface area (Å²) in [5.74, 6) is -1.27. The minimum Gasteiger partial charge on any atom is -0.478 e. The zero-order chi connectivity index (χ0) is 12.0. The van der Waals surface area contributed by atoms with Crippen molar-refractivity contribution in [1.29, 1.82) is 0 Å². The molecular formula is C10H8F3NO2. The Kier molecular flexibility index (Phi) is 2.18. The number of nitrogens with zero attached hydrogens (tertiary/aromatic N) is 1. The van der Waals surface area contributed by atoms with Crippen molar-refractivity contribution in [3.05, 3.63) is 29.6 Å². The quantitative estimate of drug-likeness (QED) is 0.850. The Balaban J connectivity index is 2.42. The van der Waals surface area contributed by atoms with Gasteiger partial charge < -0.3 is 5.11 Å². The van der Waals surface area contributed by atoms with Gasteiger partial charge in [-0.2, -0.15) is 13.2 Å². The van der Waals surface area contributed by atoms with Crippen molar-refractivity contribution in [3.63, 3.8) is 0 Å². The normalized spacial score (nSPS) is 18.2. The molecule has 0 aromatic carbocycles. The Morgan fingerprint density at radius 2 is 2.00 bits per heavy atom. The summed E-state index contributed by atoms with van der Waals surface area (Å²) >= 11 is 0. The third kappa shape index (κ3) is 1.54. The lowest BCUT2D eigenvalue weighted by Gasteiger charge is -2.19. The molecule has 0 amide bonds. The fraction of sp³-hybridized carbons (Fsp3) is 0.400. The molecule has 1 saturated carbocycles. The van der Waals surface area contributed by atoms with Gasteiger partial charge >= 0.3 is 12.1 Å². The Morgan fingerprint density at radius 3 is 2.44 bits per heavy atom. The summed E-state index contributed by atoms with van der Waals surface area (Å²) in [4.78, 5) is 14.2. The van der Waals surface area contributed by atoms with Crippen LogP contribution in [0.1, 0.15) is 28.8 Å². The van der Waals surface area contributed by atoms with E-state index in [4.69, 9.17) is 5.11 Å². The van der Waals surface area contributed by atoms with E-state index in [0.717, 1.165) is 18.5 Å². The predicted molar refractivity (Wildman–Crippen MR) is 48.2 cm³/mol. The summed E-state index contributed by atoms with van der Waals surface area (Å²) in [5, 5.41) is 8.68. The third-order valence-corrected chi connectivity index (χ3v) is 2.83. The molecule has 0 spiro atoms. The number of aromatic carboxylic acids is 1. The molecule has 0 saturated heterocycles. The third-order valence-electron chi connectivity index (χ3n) is 2.83. The molecule has 0 aliphatic heterocycles. The number of carboxylic acid groups (broad SMARTS) is 1. The minimum atomic E-state index is -4.34.